The maximum absolute atomic E-state index is 12.9. The minimum absolute atomic E-state index is 0.000530. The van der Waals surface area contributed by atoms with Crippen LogP contribution in [0.2, 0.25) is 0 Å². The van der Waals surface area contributed by atoms with Crippen LogP contribution in [-0.2, 0) is 89.1 Å². The van der Waals surface area contributed by atoms with E-state index in [1.165, 1.54) is 0 Å². The Morgan fingerprint density at radius 2 is 0.758 bits per heavy atom. The van der Waals surface area contributed by atoms with Gasteiger partial charge in [0, 0.05) is 0 Å². The molecule has 1 heterocycles. The summed E-state index contributed by atoms with van der Waals surface area (Å²) in [4.78, 5) is 25.8. The Morgan fingerprint density at radius 1 is 0.452 bits per heavy atom. The zero-order valence-electron chi connectivity index (χ0n) is 36.3. The highest BCUT2D eigenvalue weighted by molar-refractivity contribution is 5.87. The minimum Gasteiger partial charge on any atom is -0.492 e. The number of rotatable bonds is 26. The van der Waals surface area contributed by atoms with Crippen molar-refractivity contribution in [1.29, 1.82) is 0 Å². The molecule has 16 nitrogen and oxygen atoms in total. The third-order valence-electron chi connectivity index (χ3n) is 8.43. The average molecular weight is 873 g/mol. The summed E-state index contributed by atoms with van der Waals surface area (Å²) in [7, 11) is 0. The molecule has 0 unspecified atom stereocenters. The van der Waals surface area contributed by atoms with Crippen molar-refractivity contribution in [3.05, 3.63) is 107 Å². The van der Waals surface area contributed by atoms with E-state index in [1.54, 1.807) is 26.0 Å². The van der Waals surface area contributed by atoms with Crippen LogP contribution in [0, 0.1) is 0 Å². The van der Waals surface area contributed by atoms with Gasteiger partial charge in [-0.25, -0.2) is 9.59 Å². The molecule has 0 N–H and O–H groups in total. The number of hydrogen-bond donors (Lipinski definition) is 0. The lowest BCUT2D eigenvalue weighted by atomic mass is 10.1. The Balaban J connectivity index is 1.25. The number of allylic oxidation sites excluding steroid dienone is 2. The van der Waals surface area contributed by atoms with E-state index in [0.717, 1.165) is 22.3 Å². The van der Waals surface area contributed by atoms with Gasteiger partial charge in [0.15, 0.2) is 0 Å². The summed E-state index contributed by atoms with van der Waals surface area (Å²) in [5.74, 6) is -1.14. The number of carbonyl (C=O) groups is 2. The van der Waals surface area contributed by atoms with Crippen LogP contribution in [0.3, 0.4) is 0 Å². The summed E-state index contributed by atoms with van der Waals surface area (Å²) in [5.41, 5.74) is 4.28. The quantitative estimate of drug-likeness (QED) is 0.0867. The standard InChI is InChI=1S/C46H64O16/c1-5-39-7-11-41(12-8-39)35-55-21-19-49-15-17-51-27-33-61-45(47)43-37(3)57-29-23-54-26-32-60-44(38(4)58-30-24-53-25-31-59-43)46(48)62-34-28-52-18-16-50-20-22-56-36-42-13-9-40(6-2)10-14-42/h5-14H,1-2,15-36H2,3-4H3/b43-37-,44-38-. The van der Waals surface area contributed by atoms with Crippen LogP contribution in [0.4, 0.5) is 0 Å². The van der Waals surface area contributed by atoms with Crippen LogP contribution >= 0.6 is 0 Å². The smallest absolute Gasteiger partial charge is 0.377 e. The van der Waals surface area contributed by atoms with E-state index in [2.05, 4.69) is 13.2 Å². The van der Waals surface area contributed by atoms with Crippen molar-refractivity contribution in [2.75, 3.05) is 132 Å². The van der Waals surface area contributed by atoms with Crippen molar-refractivity contribution in [2.24, 2.45) is 0 Å². The van der Waals surface area contributed by atoms with Gasteiger partial charge in [-0.05, 0) is 36.1 Å². The first-order chi connectivity index (χ1) is 30.4. The Hall–Kier alpha value is -4.78. The van der Waals surface area contributed by atoms with Gasteiger partial charge < -0.3 is 66.3 Å². The molecule has 0 bridgehead atoms. The third kappa shape index (κ3) is 23.4. The van der Waals surface area contributed by atoms with Gasteiger partial charge in [-0.2, -0.15) is 0 Å². The summed E-state index contributed by atoms with van der Waals surface area (Å²) in [6.45, 7) is 16.1. The number of benzene rings is 2. The molecule has 2 aromatic rings. The van der Waals surface area contributed by atoms with E-state index < -0.39 is 11.9 Å². The van der Waals surface area contributed by atoms with Gasteiger partial charge in [0.2, 0.25) is 11.5 Å². The lowest BCUT2D eigenvalue weighted by Gasteiger charge is -2.16. The van der Waals surface area contributed by atoms with E-state index >= 15 is 0 Å². The molecule has 1 aliphatic rings. The average Bonchev–Trinajstić information content (AvgIpc) is 3.28. The Morgan fingerprint density at radius 3 is 1.10 bits per heavy atom. The largest absolute Gasteiger partial charge is 0.492 e. The van der Waals surface area contributed by atoms with Gasteiger partial charge >= 0.3 is 11.9 Å². The molecule has 344 valence electrons. The molecule has 0 spiro atoms. The van der Waals surface area contributed by atoms with Crippen molar-refractivity contribution in [1.82, 2.24) is 0 Å². The number of hydrogen-bond acceptors (Lipinski definition) is 16. The monoisotopic (exact) mass is 872 g/mol. The zero-order chi connectivity index (χ0) is 44.3. The maximum atomic E-state index is 12.9. The van der Waals surface area contributed by atoms with Crippen LogP contribution in [0.15, 0.2) is 84.7 Å². The highest BCUT2D eigenvalue weighted by atomic mass is 16.6. The first-order valence-electron chi connectivity index (χ1n) is 20.7. The second-order valence-corrected chi connectivity index (χ2v) is 13.1. The molecule has 3 rings (SSSR count). The fourth-order valence-corrected chi connectivity index (χ4v) is 5.13. The number of carbonyl (C=O) groups excluding carboxylic acids is 2. The molecule has 0 amide bonds. The normalized spacial score (nSPS) is 16.9. The molecule has 0 fully saturated rings. The van der Waals surface area contributed by atoms with Crippen LogP contribution in [0.5, 0.6) is 0 Å². The van der Waals surface area contributed by atoms with Gasteiger partial charge in [0.05, 0.1) is 106 Å². The summed E-state index contributed by atoms with van der Waals surface area (Å²) >= 11 is 0. The van der Waals surface area contributed by atoms with E-state index in [1.807, 2.05) is 48.5 Å². The van der Waals surface area contributed by atoms with Crippen molar-refractivity contribution >= 4 is 24.1 Å². The highest BCUT2D eigenvalue weighted by Gasteiger charge is 2.20. The molecule has 1 aliphatic heterocycles. The van der Waals surface area contributed by atoms with Crippen molar-refractivity contribution in [3.63, 3.8) is 0 Å². The van der Waals surface area contributed by atoms with E-state index in [0.29, 0.717) is 66.1 Å². The lowest BCUT2D eigenvalue weighted by molar-refractivity contribution is -0.147. The second-order valence-electron chi connectivity index (χ2n) is 13.1. The van der Waals surface area contributed by atoms with Crippen LogP contribution < -0.4 is 0 Å². The SMILES string of the molecule is C=Cc1ccc(COCCOCCOCCOC(=O)/C2=C(\C)OCCOCCO/C(C(=O)OCCOCCOCCOCc3ccc(C=C)cc3)=C(/C)OCCOCCO2)cc1. The first-order valence-corrected chi connectivity index (χ1v) is 20.7. The van der Waals surface area contributed by atoms with Crippen LogP contribution in [0.1, 0.15) is 36.1 Å². The van der Waals surface area contributed by atoms with Gasteiger partial charge in [0.25, 0.3) is 0 Å². The summed E-state index contributed by atoms with van der Waals surface area (Å²) in [6, 6.07) is 16.0. The Labute approximate surface area is 365 Å². The molecule has 0 radical (unpaired) electrons. The van der Waals surface area contributed by atoms with E-state index in [4.69, 9.17) is 66.3 Å². The van der Waals surface area contributed by atoms with Gasteiger partial charge in [-0.15, -0.1) is 0 Å². The maximum Gasteiger partial charge on any atom is 0.377 e. The van der Waals surface area contributed by atoms with E-state index in [-0.39, 0.29) is 102 Å². The van der Waals surface area contributed by atoms with Gasteiger partial charge in [-0.1, -0.05) is 73.8 Å². The van der Waals surface area contributed by atoms with Crippen molar-refractivity contribution in [3.8, 4) is 0 Å². The molecule has 62 heavy (non-hydrogen) atoms. The Kier molecular flexibility index (Phi) is 28.1. The molecule has 0 aromatic heterocycles. The number of ether oxygens (including phenoxy) is 14. The molecule has 0 atom stereocenters. The predicted molar refractivity (Wildman–Crippen MR) is 228 cm³/mol. The van der Waals surface area contributed by atoms with Gasteiger partial charge in [-0.3, -0.25) is 0 Å². The van der Waals surface area contributed by atoms with Gasteiger partial charge in [0.1, 0.15) is 51.2 Å². The molecule has 0 aliphatic carbocycles. The molecular weight excluding hydrogens is 808 g/mol. The topological polar surface area (TPSA) is 163 Å². The summed E-state index contributed by atoms with van der Waals surface area (Å²) in [6.07, 6.45) is 3.59. The third-order valence-corrected chi connectivity index (χ3v) is 8.43. The second kappa shape index (κ2) is 33.8. The van der Waals surface area contributed by atoms with Crippen LogP contribution in [-0.4, -0.2) is 144 Å². The van der Waals surface area contributed by atoms with Crippen molar-refractivity contribution in [2.45, 2.75) is 27.1 Å². The van der Waals surface area contributed by atoms with Crippen molar-refractivity contribution < 1.29 is 75.9 Å². The lowest BCUT2D eigenvalue weighted by Crippen LogP contribution is -2.21. The van der Waals surface area contributed by atoms with E-state index in [9.17, 15) is 9.59 Å². The fourth-order valence-electron chi connectivity index (χ4n) is 5.13. The molecular formula is C46H64O16. The molecule has 2 aromatic carbocycles. The molecule has 0 saturated carbocycles. The highest BCUT2D eigenvalue weighted by Crippen LogP contribution is 2.13. The Bertz CT molecular complexity index is 1490. The molecule has 16 heteroatoms. The number of esters is 2. The minimum atomic E-state index is -0.703. The summed E-state index contributed by atoms with van der Waals surface area (Å²) < 4.78 is 78.1. The molecule has 0 saturated heterocycles. The first kappa shape index (κ1) is 51.6. The predicted octanol–water partition coefficient (Wildman–Crippen LogP) is 5.44. The summed E-state index contributed by atoms with van der Waals surface area (Å²) in [5, 5.41) is 0. The zero-order valence-corrected chi connectivity index (χ0v) is 36.3. The van der Waals surface area contributed by atoms with Crippen LogP contribution in [0.25, 0.3) is 12.2 Å². The fraction of sp³-hybridized carbons (Fsp3) is 0.522.